The molecule has 0 aliphatic heterocycles. The van der Waals surface area contributed by atoms with E-state index in [2.05, 4.69) is 0 Å². The Morgan fingerprint density at radius 2 is 1.23 bits per heavy atom. The molecule has 0 saturated heterocycles. The molecular formula is C24H20O2. The lowest BCUT2D eigenvalue weighted by atomic mass is 9.95. The van der Waals surface area contributed by atoms with Crippen molar-refractivity contribution in [3.63, 3.8) is 0 Å². The fraction of sp³-hybridized carbons (Fsp3) is 0.0833. The number of hydrogen-bond donors (Lipinski definition) is 0. The number of ketones is 2. The van der Waals surface area contributed by atoms with Gasteiger partial charge in [-0.1, -0.05) is 90.5 Å². The monoisotopic (exact) mass is 340 g/mol. The lowest BCUT2D eigenvalue weighted by Crippen LogP contribution is -2.03. The Hall–Kier alpha value is -3.26. The lowest BCUT2D eigenvalue weighted by Gasteiger charge is -2.08. The predicted octanol–water partition coefficient (Wildman–Crippen LogP) is 5.53. The van der Waals surface area contributed by atoms with Gasteiger partial charge in [-0.25, -0.2) is 0 Å². The summed E-state index contributed by atoms with van der Waals surface area (Å²) >= 11 is 0. The van der Waals surface area contributed by atoms with Crippen LogP contribution in [0.2, 0.25) is 0 Å². The third kappa shape index (κ3) is 4.42. The average Bonchev–Trinajstić information content (AvgIpc) is 2.69. The third-order valence-electron chi connectivity index (χ3n) is 4.23. The van der Waals surface area contributed by atoms with Crippen molar-refractivity contribution < 1.29 is 9.59 Å². The molecule has 3 aromatic rings. The van der Waals surface area contributed by atoms with Crippen LogP contribution in [0.15, 0.2) is 91.0 Å². The van der Waals surface area contributed by atoms with E-state index in [0.717, 1.165) is 16.7 Å². The van der Waals surface area contributed by atoms with Gasteiger partial charge in [-0.3, -0.25) is 9.59 Å². The first-order valence-electron chi connectivity index (χ1n) is 8.59. The number of rotatable bonds is 6. The molecule has 0 heterocycles. The second kappa shape index (κ2) is 8.21. The predicted molar refractivity (Wildman–Crippen MR) is 105 cm³/mol. The highest BCUT2D eigenvalue weighted by atomic mass is 16.1. The molecular weight excluding hydrogens is 320 g/mol. The van der Waals surface area contributed by atoms with E-state index in [4.69, 9.17) is 0 Å². The molecule has 0 aliphatic rings. The second-order valence-corrected chi connectivity index (χ2v) is 6.23. The van der Waals surface area contributed by atoms with Crippen molar-refractivity contribution in [3.05, 3.63) is 113 Å². The number of carbonyl (C=O) groups is 2. The fourth-order valence-electron chi connectivity index (χ4n) is 2.75. The van der Waals surface area contributed by atoms with E-state index in [9.17, 15) is 9.59 Å². The summed E-state index contributed by atoms with van der Waals surface area (Å²) in [5.41, 5.74) is 3.99. The number of hydrogen-bond acceptors (Lipinski definition) is 2. The Balaban J connectivity index is 1.92. The van der Waals surface area contributed by atoms with Crippen LogP contribution >= 0.6 is 0 Å². The minimum Gasteiger partial charge on any atom is -0.294 e. The van der Waals surface area contributed by atoms with Crippen LogP contribution in [-0.2, 0) is 0 Å². The smallest absolute Gasteiger partial charge is 0.186 e. The summed E-state index contributed by atoms with van der Waals surface area (Å²) < 4.78 is 0. The summed E-state index contributed by atoms with van der Waals surface area (Å²) in [6.07, 6.45) is 1.77. The number of benzene rings is 3. The summed E-state index contributed by atoms with van der Waals surface area (Å²) in [6, 6.07) is 26.2. The molecule has 0 N–H and O–H groups in total. The average molecular weight is 340 g/mol. The van der Waals surface area contributed by atoms with Gasteiger partial charge < -0.3 is 0 Å². The highest BCUT2D eigenvalue weighted by Gasteiger charge is 2.13. The standard InChI is InChI=1S/C24H20O2/c1-18-12-14-21(15-13-18)24(26)17-22(19-8-4-2-5-9-19)16-23(25)20-10-6-3-7-11-20/h2-15,17H,16H2,1H3. The highest BCUT2D eigenvalue weighted by molar-refractivity contribution is 6.11. The van der Waals surface area contributed by atoms with Crippen LogP contribution in [0.5, 0.6) is 0 Å². The SMILES string of the molecule is Cc1ccc(C(=O)C=C(CC(=O)c2ccccc2)c2ccccc2)cc1. The van der Waals surface area contributed by atoms with Crippen molar-refractivity contribution in [3.8, 4) is 0 Å². The number of carbonyl (C=O) groups excluding carboxylic acids is 2. The van der Waals surface area contributed by atoms with E-state index in [-0.39, 0.29) is 18.0 Å². The van der Waals surface area contributed by atoms with Crippen LogP contribution in [0.25, 0.3) is 5.57 Å². The van der Waals surface area contributed by atoms with E-state index in [1.165, 1.54) is 0 Å². The normalized spacial score (nSPS) is 11.2. The first-order chi connectivity index (χ1) is 12.6. The van der Waals surface area contributed by atoms with Gasteiger partial charge in [-0.2, -0.15) is 0 Å². The largest absolute Gasteiger partial charge is 0.294 e. The minimum atomic E-state index is -0.0929. The maximum absolute atomic E-state index is 12.7. The zero-order valence-corrected chi connectivity index (χ0v) is 14.7. The number of aryl methyl sites for hydroxylation is 1. The van der Waals surface area contributed by atoms with Gasteiger partial charge in [0.15, 0.2) is 11.6 Å². The molecule has 0 aliphatic carbocycles. The quantitative estimate of drug-likeness (QED) is 0.436. The molecule has 0 radical (unpaired) electrons. The molecule has 0 amide bonds. The molecule has 0 atom stereocenters. The van der Waals surface area contributed by atoms with Crippen LogP contribution < -0.4 is 0 Å². The van der Waals surface area contributed by atoms with E-state index in [0.29, 0.717) is 11.1 Å². The summed E-state index contributed by atoms with van der Waals surface area (Å²) in [6.45, 7) is 1.98. The van der Waals surface area contributed by atoms with Crippen molar-refractivity contribution in [1.29, 1.82) is 0 Å². The van der Waals surface area contributed by atoms with Crippen LogP contribution in [0.4, 0.5) is 0 Å². The molecule has 0 bridgehead atoms. The van der Waals surface area contributed by atoms with Gasteiger partial charge in [0.2, 0.25) is 0 Å². The Labute approximate surface area is 153 Å². The molecule has 0 spiro atoms. The second-order valence-electron chi connectivity index (χ2n) is 6.23. The van der Waals surface area contributed by atoms with E-state index in [1.54, 1.807) is 18.2 Å². The van der Waals surface area contributed by atoms with Crippen LogP contribution in [0, 0.1) is 6.92 Å². The summed E-state index contributed by atoms with van der Waals surface area (Å²) in [4.78, 5) is 25.3. The summed E-state index contributed by atoms with van der Waals surface area (Å²) in [5, 5.41) is 0. The zero-order chi connectivity index (χ0) is 18.4. The number of Topliss-reactive ketones (excluding diaryl/α,β-unsaturated/α-hetero) is 1. The van der Waals surface area contributed by atoms with Crippen molar-refractivity contribution >= 4 is 17.1 Å². The van der Waals surface area contributed by atoms with Gasteiger partial charge in [0, 0.05) is 17.5 Å². The molecule has 3 aromatic carbocycles. The first kappa shape index (κ1) is 17.6. The van der Waals surface area contributed by atoms with Crippen molar-refractivity contribution in [2.75, 3.05) is 0 Å². The summed E-state index contributed by atoms with van der Waals surface area (Å²) in [7, 11) is 0. The Kier molecular flexibility index (Phi) is 5.55. The third-order valence-corrected chi connectivity index (χ3v) is 4.23. The molecule has 26 heavy (non-hydrogen) atoms. The van der Waals surface area contributed by atoms with Crippen LogP contribution in [-0.4, -0.2) is 11.6 Å². The van der Waals surface area contributed by atoms with Gasteiger partial charge in [0.1, 0.15) is 0 Å². The van der Waals surface area contributed by atoms with Gasteiger partial charge in [0.25, 0.3) is 0 Å². The van der Waals surface area contributed by atoms with Gasteiger partial charge in [-0.05, 0) is 24.1 Å². The minimum absolute atomic E-state index is 0.00240. The number of allylic oxidation sites excluding steroid dienone is 2. The van der Waals surface area contributed by atoms with Crippen molar-refractivity contribution in [1.82, 2.24) is 0 Å². The molecule has 0 unspecified atom stereocenters. The maximum Gasteiger partial charge on any atom is 0.186 e. The topological polar surface area (TPSA) is 34.1 Å². The molecule has 0 fully saturated rings. The highest BCUT2D eigenvalue weighted by Crippen LogP contribution is 2.22. The van der Waals surface area contributed by atoms with Crippen LogP contribution in [0.1, 0.15) is 38.3 Å². The van der Waals surface area contributed by atoms with Crippen molar-refractivity contribution in [2.45, 2.75) is 13.3 Å². The molecule has 3 rings (SSSR count). The first-order valence-corrected chi connectivity index (χ1v) is 8.59. The van der Waals surface area contributed by atoms with E-state index in [1.807, 2.05) is 79.7 Å². The summed E-state index contributed by atoms with van der Waals surface area (Å²) in [5.74, 6) is -0.0953. The molecule has 2 nitrogen and oxygen atoms in total. The van der Waals surface area contributed by atoms with Gasteiger partial charge in [-0.15, -0.1) is 0 Å². The fourth-order valence-corrected chi connectivity index (χ4v) is 2.75. The van der Waals surface area contributed by atoms with Gasteiger partial charge in [0.05, 0.1) is 0 Å². The molecule has 0 aromatic heterocycles. The van der Waals surface area contributed by atoms with Crippen molar-refractivity contribution in [2.24, 2.45) is 0 Å². The molecule has 2 heteroatoms. The Morgan fingerprint density at radius 1 is 0.692 bits per heavy atom. The Morgan fingerprint density at radius 3 is 1.81 bits per heavy atom. The maximum atomic E-state index is 12.7. The van der Waals surface area contributed by atoms with E-state index < -0.39 is 0 Å². The Bertz CT molecular complexity index is 921. The van der Waals surface area contributed by atoms with Crippen LogP contribution in [0.3, 0.4) is 0 Å². The van der Waals surface area contributed by atoms with Gasteiger partial charge >= 0.3 is 0 Å². The lowest BCUT2D eigenvalue weighted by molar-refractivity contribution is 0.0998. The zero-order valence-electron chi connectivity index (χ0n) is 14.7. The molecule has 128 valence electrons. The van der Waals surface area contributed by atoms with E-state index >= 15 is 0 Å². The molecule has 0 saturated carbocycles.